The van der Waals surface area contributed by atoms with Gasteiger partial charge in [0.25, 0.3) is 0 Å². The van der Waals surface area contributed by atoms with E-state index < -0.39 is 28.6 Å². The van der Waals surface area contributed by atoms with Gasteiger partial charge in [0.1, 0.15) is 5.71 Å². The number of aromatic nitrogens is 2. The number of alkyl halides is 3. The first-order chi connectivity index (χ1) is 11.2. The van der Waals surface area contributed by atoms with E-state index in [1.165, 1.54) is 0 Å². The number of halogens is 3. The van der Waals surface area contributed by atoms with Gasteiger partial charge in [0, 0.05) is 11.8 Å². The smallest absolute Gasteiger partial charge is 0.411 e. The van der Waals surface area contributed by atoms with Crippen LogP contribution in [0.4, 0.5) is 13.2 Å². The quantitative estimate of drug-likeness (QED) is 0.640. The maximum Gasteiger partial charge on any atom is 0.435 e. The lowest BCUT2D eigenvalue weighted by atomic mass is 9.73. The van der Waals surface area contributed by atoms with Gasteiger partial charge in [-0.05, 0) is 12.1 Å². The van der Waals surface area contributed by atoms with Crippen molar-refractivity contribution in [2.75, 3.05) is 0 Å². The highest BCUT2D eigenvalue weighted by Crippen LogP contribution is 2.40. The van der Waals surface area contributed by atoms with Crippen molar-refractivity contribution in [3.8, 4) is 5.69 Å². The molecule has 2 aromatic rings. The minimum absolute atomic E-state index is 0.0887. The summed E-state index contributed by atoms with van der Waals surface area (Å²) in [5.41, 5.74) is -2.42. The van der Waals surface area contributed by atoms with Crippen LogP contribution >= 0.6 is 0 Å². The van der Waals surface area contributed by atoms with Crippen molar-refractivity contribution in [2.24, 2.45) is 10.6 Å². The van der Waals surface area contributed by atoms with Crippen LogP contribution < -0.4 is 0 Å². The van der Waals surface area contributed by atoms with Crippen LogP contribution in [0.2, 0.25) is 0 Å². The van der Waals surface area contributed by atoms with Crippen molar-refractivity contribution in [2.45, 2.75) is 26.4 Å². The number of para-hydroxylation sites is 1. The summed E-state index contributed by atoms with van der Waals surface area (Å²) in [7, 11) is 0. The van der Waals surface area contributed by atoms with Gasteiger partial charge in [0.15, 0.2) is 5.69 Å². The number of hydrogen-bond acceptors (Lipinski definition) is 4. The van der Waals surface area contributed by atoms with Gasteiger partial charge in [0.05, 0.1) is 16.9 Å². The zero-order chi connectivity index (χ0) is 17.7. The molecule has 0 atom stereocenters. The third kappa shape index (κ3) is 2.38. The standard InChI is InChI=1S/C16H14F3N3O2/c1-15(2)8-10-11(12(23)14(15)21-24)13(16(17,18)19)20-22(10)9-6-4-3-5-7-9/h3-7,24H,8H2,1-2H3/b21-14+. The molecule has 5 nitrogen and oxygen atoms in total. The van der Waals surface area contributed by atoms with E-state index in [0.29, 0.717) is 5.69 Å². The molecule has 0 amide bonds. The van der Waals surface area contributed by atoms with Crippen LogP contribution in [0.5, 0.6) is 0 Å². The number of carbonyl (C=O) groups excluding carboxylic acids is 1. The molecule has 0 bridgehead atoms. The van der Waals surface area contributed by atoms with Crippen LogP contribution in [0.3, 0.4) is 0 Å². The van der Waals surface area contributed by atoms with E-state index in [9.17, 15) is 18.0 Å². The summed E-state index contributed by atoms with van der Waals surface area (Å²) in [4.78, 5) is 12.5. The summed E-state index contributed by atoms with van der Waals surface area (Å²) in [6, 6.07) is 8.30. The second-order valence-electron chi connectivity index (χ2n) is 6.25. The fourth-order valence-electron chi connectivity index (χ4n) is 2.94. The maximum absolute atomic E-state index is 13.4. The monoisotopic (exact) mass is 337 g/mol. The van der Waals surface area contributed by atoms with Gasteiger partial charge in [0.2, 0.25) is 5.78 Å². The molecule has 1 aromatic heterocycles. The average Bonchev–Trinajstić information content (AvgIpc) is 2.87. The number of fused-ring (bicyclic) bond motifs is 1. The molecule has 3 rings (SSSR count). The van der Waals surface area contributed by atoms with Gasteiger partial charge in [-0.2, -0.15) is 18.3 Å². The van der Waals surface area contributed by atoms with E-state index in [1.54, 1.807) is 44.2 Å². The Kier molecular flexibility index (Phi) is 3.51. The van der Waals surface area contributed by atoms with Crippen molar-refractivity contribution >= 4 is 11.5 Å². The van der Waals surface area contributed by atoms with Crippen LogP contribution in [-0.2, 0) is 12.6 Å². The molecule has 0 radical (unpaired) electrons. The normalized spacial score (nSPS) is 18.7. The van der Waals surface area contributed by atoms with E-state index in [2.05, 4.69) is 10.3 Å². The van der Waals surface area contributed by atoms with Gasteiger partial charge < -0.3 is 5.21 Å². The molecule has 126 valence electrons. The average molecular weight is 337 g/mol. The molecule has 1 aromatic carbocycles. The van der Waals surface area contributed by atoms with Crippen molar-refractivity contribution < 1.29 is 23.2 Å². The number of Topliss-reactive ketones (excluding diaryl/α,β-unsaturated/α-hetero) is 1. The van der Waals surface area contributed by atoms with E-state index in [4.69, 9.17) is 5.21 Å². The second-order valence-corrected chi connectivity index (χ2v) is 6.25. The molecule has 1 heterocycles. The lowest BCUT2D eigenvalue weighted by Gasteiger charge is -2.29. The molecule has 0 spiro atoms. The predicted molar refractivity (Wildman–Crippen MR) is 79.6 cm³/mol. The summed E-state index contributed by atoms with van der Waals surface area (Å²) in [6.45, 7) is 3.27. The number of oxime groups is 1. The molecule has 24 heavy (non-hydrogen) atoms. The molecular formula is C16H14F3N3O2. The summed E-state index contributed by atoms with van der Waals surface area (Å²) in [6.07, 6.45) is -4.70. The van der Waals surface area contributed by atoms with Crippen LogP contribution in [0, 0.1) is 5.41 Å². The van der Waals surface area contributed by atoms with Gasteiger partial charge >= 0.3 is 6.18 Å². The number of carbonyl (C=O) groups is 1. The van der Waals surface area contributed by atoms with Crippen molar-refractivity contribution in [3.05, 3.63) is 47.3 Å². The summed E-state index contributed by atoms with van der Waals surface area (Å²) < 4.78 is 41.3. The Bertz CT molecular complexity index is 836. The second kappa shape index (κ2) is 5.19. The Morgan fingerprint density at radius 1 is 1.25 bits per heavy atom. The van der Waals surface area contributed by atoms with E-state index in [1.807, 2.05) is 0 Å². The first kappa shape index (κ1) is 16.2. The van der Waals surface area contributed by atoms with Crippen LogP contribution in [0.25, 0.3) is 5.69 Å². The molecule has 1 aliphatic carbocycles. The predicted octanol–water partition coefficient (Wildman–Crippen LogP) is 3.49. The summed E-state index contributed by atoms with van der Waals surface area (Å²) in [5.74, 6) is -0.946. The molecule has 0 saturated heterocycles. The van der Waals surface area contributed by atoms with Crippen molar-refractivity contribution in [1.29, 1.82) is 0 Å². The Morgan fingerprint density at radius 3 is 2.42 bits per heavy atom. The van der Waals surface area contributed by atoms with Crippen molar-refractivity contribution in [1.82, 2.24) is 9.78 Å². The molecule has 8 heteroatoms. The number of benzene rings is 1. The maximum atomic E-state index is 13.4. The number of ketones is 1. The zero-order valence-corrected chi connectivity index (χ0v) is 12.9. The van der Waals surface area contributed by atoms with Gasteiger partial charge in [-0.1, -0.05) is 37.2 Å². The third-order valence-corrected chi connectivity index (χ3v) is 4.04. The molecule has 0 fully saturated rings. The summed E-state index contributed by atoms with van der Waals surface area (Å²) in [5, 5.41) is 15.7. The number of hydrogen-bond donors (Lipinski definition) is 1. The van der Waals surface area contributed by atoms with Crippen LogP contribution in [-0.4, -0.2) is 26.5 Å². The summed E-state index contributed by atoms with van der Waals surface area (Å²) >= 11 is 0. The van der Waals surface area contributed by atoms with E-state index in [-0.39, 0.29) is 17.8 Å². The molecule has 1 aliphatic rings. The third-order valence-electron chi connectivity index (χ3n) is 4.04. The first-order valence-corrected chi connectivity index (χ1v) is 7.18. The Morgan fingerprint density at radius 2 is 1.88 bits per heavy atom. The highest BCUT2D eigenvalue weighted by atomic mass is 19.4. The number of nitrogens with zero attached hydrogens (tertiary/aromatic N) is 3. The molecule has 0 unspecified atom stereocenters. The van der Waals surface area contributed by atoms with Crippen LogP contribution in [0.15, 0.2) is 35.5 Å². The fraction of sp³-hybridized carbons (Fsp3) is 0.312. The Hall–Kier alpha value is -2.64. The van der Waals surface area contributed by atoms with Gasteiger partial charge in [-0.25, -0.2) is 4.68 Å². The minimum Gasteiger partial charge on any atom is -0.411 e. The largest absolute Gasteiger partial charge is 0.435 e. The van der Waals surface area contributed by atoms with Crippen molar-refractivity contribution in [3.63, 3.8) is 0 Å². The molecule has 0 saturated carbocycles. The topological polar surface area (TPSA) is 67.5 Å². The van der Waals surface area contributed by atoms with Crippen LogP contribution in [0.1, 0.15) is 35.6 Å². The molecule has 0 aliphatic heterocycles. The van der Waals surface area contributed by atoms with E-state index >= 15 is 0 Å². The van der Waals surface area contributed by atoms with Gasteiger partial charge in [-0.3, -0.25) is 4.79 Å². The Balaban J connectivity index is 2.33. The first-order valence-electron chi connectivity index (χ1n) is 7.18. The van der Waals surface area contributed by atoms with E-state index in [0.717, 1.165) is 4.68 Å². The highest BCUT2D eigenvalue weighted by molar-refractivity contribution is 6.48. The SMILES string of the molecule is CC1(C)Cc2c(c(C(F)(F)F)nn2-c2ccccc2)C(=O)/C1=N\O. The minimum atomic E-state index is -4.79. The molecular weight excluding hydrogens is 323 g/mol. The highest BCUT2D eigenvalue weighted by Gasteiger charge is 2.48. The lowest BCUT2D eigenvalue weighted by Crippen LogP contribution is -2.39. The Labute approximate surface area is 135 Å². The zero-order valence-electron chi connectivity index (χ0n) is 12.9. The lowest BCUT2D eigenvalue weighted by molar-refractivity contribution is -0.141. The molecule has 1 N–H and O–H groups in total. The fourth-order valence-corrected chi connectivity index (χ4v) is 2.94. The number of rotatable bonds is 1. The van der Waals surface area contributed by atoms with Gasteiger partial charge in [-0.15, -0.1) is 0 Å².